The number of rotatable bonds is 8. The second-order valence-corrected chi connectivity index (χ2v) is 6.66. The van der Waals surface area contributed by atoms with E-state index in [0.717, 1.165) is 17.8 Å². The van der Waals surface area contributed by atoms with Gasteiger partial charge in [-0.25, -0.2) is 4.79 Å². The van der Waals surface area contributed by atoms with E-state index < -0.39 is 11.9 Å². The molecule has 8 heteroatoms. The molecule has 2 rings (SSSR count). The van der Waals surface area contributed by atoms with Crippen molar-refractivity contribution >= 4 is 34.0 Å². The fourth-order valence-corrected chi connectivity index (χ4v) is 3.63. The van der Waals surface area contributed by atoms with Gasteiger partial charge in [0.1, 0.15) is 10.8 Å². The van der Waals surface area contributed by atoms with Crippen LogP contribution in [0.3, 0.4) is 0 Å². The van der Waals surface area contributed by atoms with Crippen LogP contribution in [0.1, 0.15) is 75.5 Å². The van der Waals surface area contributed by atoms with Gasteiger partial charge in [0.2, 0.25) is 0 Å². The molecular formula is C18H22N2O5S. The number of thiophene rings is 1. The summed E-state index contributed by atoms with van der Waals surface area (Å²) in [6.07, 6.45) is 1.86. The number of Topliss-reactive ketones (excluding diaryl/α,β-unsaturated/α-hetero) is 1. The number of aromatic nitrogens is 1. The largest absolute Gasteiger partial charge is 0.462 e. The third-order valence-corrected chi connectivity index (χ3v) is 4.96. The lowest BCUT2D eigenvalue weighted by molar-refractivity contribution is 0.0527. The van der Waals surface area contributed by atoms with Crippen LogP contribution in [-0.4, -0.2) is 29.4 Å². The highest BCUT2D eigenvalue weighted by Gasteiger charge is 2.26. The molecule has 0 atom stereocenters. The minimum absolute atomic E-state index is 0.0924. The monoisotopic (exact) mass is 378 g/mol. The van der Waals surface area contributed by atoms with Gasteiger partial charge in [-0.05, 0) is 25.8 Å². The molecule has 0 saturated heterocycles. The molecule has 1 amide bonds. The predicted molar refractivity (Wildman–Crippen MR) is 98.1 cm³/mol. The van der Waals surface area contributed by atoms with E-state index in [0.29, 0.717) is 29.0 Å². The lowest BCUT2D eigenvalue weighted by Gasteiger charge is -2.05. The number of anilines is 1. The Bertz CT molecular complexity index is 822. The average molecular weight is 378 g/mol. The first-order valence-electron chi connectivity index (χ1n) is 8.53. The standard InChI is InChI=1S/C18H22N2O5S/c1-5-8-11-9-12(20-25-11)16(22)19-17-14(18(23)24-7-3)10(4)15(26-17)13(21)6-2/h9H,5-8H2,1-4H3,(H,19,22). The molecule has 0 aliphatic rings. The van der Waals surface area contributed by atoms with Crippen LogP contribution in [0.25, 0.3) is 0 Å². The molecule has 0 fully saturated rings. The predicted octanol–water partition coefficient (Wildman–Crippen LogP) is 4.02. The Balaban J connectivity index is 2.35. The first-order chi connectivity index (χ1) is 12.4. The Hall–Kier alpha value is -2.48. The molecule has 0 aromatic carbocycles. The molecule has 0 unspecified atom stereocenters. The number of nitrogens with one attached hydrogen (secondary N) is 1. The molecule has 0 aliphatic carbocycles. The fourth-order valence-electron chi connectivity index (χ4n) is 2.43. The van der Waals surface area contributed by atoms with Crippen molar-refractivity contribution in [2.24, 2.45) is 0 Å². The Labute approximate surface area is 155 Å². The first kappa shape index (κ1) is 19.8. The number of nitrogens with zero attached hydrogens (tertiary/aromatic N) is 1. The van der Waals surface area contributed by atoms with Crippen LogP contribution in [0.2, 0.25) is 0 Å². The van der Waals surface area contributed by atoms with Gasteiger partial charge in [-0.3, -0.25) is 9.59 Å². The second kappa shape index (κ2) is 8.75. The molecule has 2 heterocycles. The average Bonchev–Trinajstić information content (AvgIpc) is 3.19. The van der Waals surface area contributed by atoms with E-state index in [9.17, 15) is 14.4 Å². The molecule has 140 valence electrons. The summed E-state index contributed by atoms with van der Waals surface area (Å²) in [5.74, 6) is -0.547. The van der Waals surface area contributed by atoms with Gasteiger partial charge < -0.3 is 14.6 Å². The van der Waals surface area contributed by atoms with E-state index in [1.807, 2.05) is 6.92 Å². The van der Waals surface area contributed by atoms with Crippen LogP contribution in [0.5, 0.6) is 0 Å². The number of amides is 1. The van der Waals surface area contributed by atoms with E-state index in [4.69, 9.17) is 9.26 Å². The zero-order valence-electron chi connectivity index (χ0n) is 15.3. The second-order valence-electron chi connectivity index (χ2n) is 5.64. The SMILES string of the molecule is CCCc1cc(C(=O)Nc2sc(C(=O)CC)c(C)c2C(=O)OCC)no1. The summed E-state index contributed by atoms with van der Waals surface area (Å²) >= 11 is 1.07. The van der Waals surface area contributed by atoms with Crippen LogP contribution in [0.15, 0.2) is 10.6 Å². The molecule has 0 radical (unpaired) electrons. The summed E-state index contributed by atoms with van der Waals surface area (Å²) < 4.78 is 10.2. The zero-order valence-corrected chi connectivity index (χ0v) is 16.1. The Morgan fingerprint density at radius 3 is 2.62 bits per heavy atom. The van der Waals surface area contributed by atoms with E-state index in [-0.39, 0.29) is 28.6 Å². The Morgan fingerprint density at radius 2 is 2.00 bits per heavy atom. The number of hydrogen-bond donors (Lipinski definition) is 1. The molecule has 0 saturated carbocycles. The molecular weight excluding hydrogens is 356 g/mol. The molecule has 7 nitrogen and oxygen atoms in total. The number of carbonyl (C=O) groups is 3. The van der Waals surface area contributed by atoms with Crippen molar-refractivity contribution in [1.29, 1.82) is 0 Å². The highest BCUT2D eigenvalue weighted by atomic mass is 32.1. The van der Waals surface area contributed by atoms with Gasteiger partial charge in [-0.15, -0.1) is 11.3 Å². The van der Waals surface area contributed by atoms with E-state index in [1.54, 1.807) is 26.8 Å². The molecule has 2 aromatic rings. The summed E-state index contributed by atoms with van der Waals surface area (Å²) in [5.41, 5.74) is 0.847. The van der Waals surface area contributed by atoms with Gasteiger partial charge in [0.05, 0.1) is 17.0 Å². The van der Waals surface area contributed by atoms with Crippen LogP contribution >= 0.6 is 11.3 Å². The number of ketones is 1. The Kier molecular flexibility index (Phi) is 6.68. The highest BCUT2D eigenvalue weighted by molar-refractivity contribution is 7.18. The molecule has 0 bridgehead atoms. The Morgan fingerprint density at radius 1 is 1.27 bits per heavy atom. The number of aryl methyl sites for hydroxylation is 1. The maximum absolute atomic E-state index is 12.5. The van der Waals surface area contributed by atoms with Crippen LogP contribution < -0.4 is 5.32 Å². The van der Waals surface area contributed by atoms with Crippen LogP contribution in [-0.2, 0) is 11.2 Å². The van der Waals surface area contributed by atoms with Gasteiger partial charge in [-0.2, -0.15) is 0 Å². The third-order valence-electron chi connectivity index (χ3n) is 3.72. The van der Waals surface area contributed by atoms with Crippen molar-refractivity contribution in [3.8, 4) is 0 Å². The minimum Gasteiger partial charge on any atom is -0.462 e. The van der Waals surface area contributed by atoms with Crippen molar-refractivity contribution in [1.82, 2.24) is 5.16 Å². The van der Waals surface area contributed by atoms with E-state index >= 15 is 0 Å². The maximum atomic E-state index is 12.5. The molecule has 26 heavy (non-hydrogen) atoms. The molecule has 1 N–H and O–H groups in total. The number of hydrogen-bond acceptors (Lipinski definition) is 7. The van der Waals surface area contributed by atoms with Crippen LogP contribution in [0, 0.1) is 6.92 Å². The van der Waals surface area contributed by atoms with Crippen molar-refractivity contribution in [3.63, 3.8) is 0 Å². The minimum atomic E-state index is -0.571. The lowest BCUT2D eigenvalue weighted by Crippen LogP contribution is -2.15. The maximum Gasteiger partial charge on any atom is 0.341 e. The normalized spacial score (nSPS) is 10.6. The number of carbonyl (C=O) groups excluding carboxylic acids is 3. The van der Waals surface area contributed by atoms with Crippen molar-refractivity contribution in [3.05, 3.63) is 33.5 Å². The summed E-state index contributed by atoms with van der Waals surface area (Å²) in [6, 6.07) is 1.57. The quantitative estimate of drug-likeness (QED) is 0.550. The summed E-state index contributed by atoms with van der Waals surface area (Å²) in [4.78, 5) is 37.3. The molecule has 2 aromatic heterocycles. The molecule has 0 spiro atoms. The summed E-state index contributed by atoms with van der Waals surface area (Å²) in [7, 11) is 0. The van der Waals surface area contributed by atoms with Crippen molar-refractivity contribution < 1.29 is 23.6 Å². The van der Waals surface area contributed by atoms with Gasteiger partial charge in [0.25, 0.3) is 5.91 Å². The summed E-state index contributed by atoms with van der Waals surface area (Å²) in [5, 5.41) is 6.70. The van der Waals surface area contributed by atoms with Gasteiger partial charge in [0.15, 0.2) is 11.5 Å². The smallest absolute Gasteiger partial charge is 0.341 e. The molecule has 0 aliphatic heterocycles. The highest BCUT2D eigenvalue weighted by Crippen LogP contribution is 2.34. The zero-order chi connectivity index (χ0) is 19.3. The number of ether oxygens (including phenoxy) is 1. The van der Waals surface area contributed by atoms with E-state index in [2.05, 4.69) is 10.5 Å². The van der Waals surface area contributed by atoms with Gasteiger partial charge in [-0.1, -0.05) is 19.0 Å². The summed E-state index contributed by atoms with van der Waals surface area (Å²) in [6.45, 7) is 7.31. The first-order valence-corrected chi connectivity index (χ1v) is 9.35. The van der Waals surface area contributed by atoms with E-state index in [1.165, 1.54) is 0 Å². The third kappa shape index (κ3) is 4.19. The van der Waals surface area contributed by atoms with Crippen molar-refractivity contribution in [2.45, 2.75) is 47.0 Å². The fraction of sp³-hybridized carbons (Fsp3) is 0.444. The number of esters is 1. The lowest BCUT2D eigenvalue weighted by atomic mass is 10.1. The van der Waals surface area contributed by atoms with Gasteiger partial charge >= 0.3 is 5.97 Å². The van der Waals surface area contributed by atoms with Gasteiger partial charge in [0, 0.05) is 18.9 Å². The topological polar surface area (TPSA) is 98.5 Å². The van der Waals surface area contributed by atoms with Crippen LogP contribution in [0.4, 0.5) is 5.00 Å². The van der Waals surface area contributed by atoms with Crippen molar-refractivity contribution in [2.75, 3.05) is 11.9 Å².